The minimum atomic E-state index is -0.498. The van der Waals surface area contributed by atoms with Crippen LogP contribution in [0.25, 0.3) is 0 Å². The summed E-state index contributed by atoms with van der Waals surface area (Å²) < 4.78 is 16.1. The highest BCUT2D eigenvalue weighted by Gasteiger charge is 2.21. The van der Waals surface area contributed by atoms with Crippen molar-refractivity contribution in [2.75, 3.05) is 60.5 Å². The number of amides is 1. The third kappa shape index (κ3) is 8.16. The van der Waals surface area contributed by atoms with Crippen molar-refractivity contribution in [3.05, 3.63) is 23.8 Å². The Hall–Kier alpha value is -2.68. The Morgan fingerprint density at radius 3 is 2.32 bits per heavy atom. The van der Waals surface area contributed by atoms with Crippen molar-refractivity contribution >= 4 is 12.1 Å². The zero-order chi connectivity index (χ0) is 22.9. The second-order valence-electron chi connectivity index (χ2n) is 8.34. The number of carbonyl (C=O) groups excluding carboxylic acids is 1. The predicted molar refractivity (Wildman–Crippen MR) is 122 cm³/mol. The minimum Gasteiger partial charge on any atom is -0.497 e. The summed E-state index contributed by atoms with van der Waals surface area (Å²) in [6, 6.07) is 5.89. The number of benzene rings is 1. The lowest BCUT2D eigenvalue weighted by Gasteiger charge is -2.36. The van der Waals surface area contributed by atoms with Gasteiger partial charge in [-0.3, -0.25) is 9.89 Å². The Morgan fingerprint density at radius 2 is 1.74 bits per heavy atom. The van der Waals surface area contributed by atoms with Crippen LogP contribution in [0.4, 0.5) is 4.79 Å². The number of hydrogen-bond donors (Lipinski definition) is 2. The molecular weight excluding hydrogens is 398 g/mol. The molecule has 174 valence electrons. The molecule has 1 aromatic carbocycles. The van der Waals surface area contributed by atoms with Gasteiger partial charge in [0.25, 0.3) is 0 Å². The predicted octanol–water partition coefficient (Wildman–Crippen LogP) is 1.92. The number of piperazine rings is 1. The first-order valence-corrected chi connectivity index (χ1v) is 10.6. The zero-order valence-corrected chi connectivity index (χ0v) is 19.7. The number of carbonyl (C=O) groups is 1. The quantitative estimate of drug-likeness (QED) is 0.384. The lowest BCUT2D eigenvalue weighted by atomic mass is 10.1. The van der Waals surface area contributed by atoms with E-state index >= 15 is 0 Å². The van der Waals surface area contributed by atoms with Crippen LogP contribution in [0.5, 0.6) is 11.5 Å². The van der Waals surface area contributed by atoms with Crippen LogP contribution in [0.15, 0.2) is 23.2 Å². The van der Waals surface area contributed by atoms with Crippen LogP contribution >= 0.6 is 0 Å². The van der Waals surface area contributed by atoms with Crippen molar-refractivity contribution in [2.45, 2.75) is 32.9 Å². The number of aliphatic imine (C=N–C) groups is 1. The average molecular weight is 436 g/mol. The Kier molecular flexibility index (Phi) is 9.23. The average Bonchev–Trinajstić information content (AvgIpc) is 2.73. The van der Waals surface area contributed by atoms with Gasteiger partial charge in [-0.2, -0.15) is 0 Å². The smallest absolute Gasteiger partial charge is 0.407 e. The van der Waals surface area contributed by atoms with Crippen molar-refractivity contribution in [3.63, 3.8) is 0 Å². The molecule has 1 aliphatic heterocycles. The van der Waals surface area contributed by atoms with Gasteiger partial charge in [-0.1, -0.05) is 0 Å². The number of methoxy groups -OCH3 is 2. The standard InChI is InChI=1S/C22H37N5O4/c1-22(2,3)31-21(28)25-10-9-24-20(23-4)27-13-11-26(12-14-27)16-17-15-18(29-5)7-8-19(17)30-6/h7-8,15H,9-14,16H2,1-6H3,(H,23,24)(H,25,28). The largest absolute Gasteiger partial charge is 0.497 e. The molecule has 9 heteroatoms. The van der Waals surface area contributed by atoms with Crippen molar-refractivity contribution in [3.8, 4) is 11.5 Å². The number of ether oxygens (including phenoxy) is 3. The van der Waals surface area contributed by atoms with Gasteiger partial charge in [0, 0.05) is 58.4 Å². The third-order valence-electron chi connectivity index (χ3n) is 4.84. The van der Waals surface area contributed by atoms with E-state index in [1.807, 2.05) is 39.0 Å². The van der Waals surface area contributed by atoms with E-state index < -0.39 is 11.7 Å². The molecule has 0 bridgehead atoms. The molecule has 31 heavy (non-hydrogen) atoms. The molecule has 0 aliphatic carbocycles. The molecule has 1 heterocycles. The normalized spacial score (nSPS) is 15.4. The maximum atomic E-state index is 11.7. The number of hydrogen-bond acceptors (Lipinski definition) is 6. The molecule has 0 radical (unpaired) electrons. The van der Waals surface area contributed by atoms with Gasteiger partial charge in [0.05, 0.1) is 14.2 Å². The Morgan fingerprint density at radius 1 is 1.06 bits per heavy atom. The summed E-state index contributed by atoms with van der Waals surface area (Å²) in [5.74, 6) is 2.54. The highest BCUT2D eigenvalue weighted by Crippen LogP contribution is 2.25. The summed E-state index contributed by atoms with van der Waals surface area (Å²) in [5, 5.41) is 6.05. The Balaban J connectivity index is 1.77. The maximum absolute atomic E-state index is 11.7. The molecular formula is C22H37N5O4. The van der Waals surface area contributed by atoms with Gasteiger partial charge in [-0.25, -0.2) is 4.79 Å². The van der Waals surface area contributed by atoms with Gasteiger partial charge in [-0.05, 0) is 39.0 Å². The van der Waals surface area contributed by atoms with E-state index in [9.17, 15) is 4.79 Å². The molecule has 1 aliphatic rings. The van der Waals surface area contributed by atoms with Gasteiger partial charge in [0.2, 0.25) is 0 Å². The van der Waals surface area contributed by atoms with Crippen LogP contribution in [-0.2, 0) is 11.3 Å². The van der Waals surface area contributed by atoms with Gasteiger partial charge in [0.1, 0.15) is 17.1 Å². The SMILES string of the molecule is CN=C(NCCNC(=O)OC(C)(C)C)N1CCN(Cc2cc(OC)ccc2OC)CC1. The molecule has 1 aromatic rings. The topological polar surface area (TPSA) is 87.7 Å². The molecule has 0 unspecified atom stereocenters. The summed E-state index contributed by atoms with van der Waals surface area (Å²) in [6.07, 6.45) is -0.411. The van der Waals surface area contributed by atoms with Gasteiger partial charge in [-0.15, -0.1) is 0 Å². The second kappa shape index (κ2) is 11.6. The summed E-state index contributed by atoms with van der Waals surface area (Å²) in [5.41, 5.74) is 0.619. The first-order valence-electron chi connectivity index (χ1n) is 10.6. The van der Waals surface area contributed by atoms with E-state index in [0.717, 1.165) is 55.7 Å². The fourth-order valence-corrected chi connectivity index (χ4v) is 3.35. The molecule has 2 N–H and O–H groups in total. The monoisotopic (exact) mass is 435 g/mol. The summed E-state index contributed by atoms with van der Waals surface area (Å²) in [7, 11) is 5.14. The van der Waals surface area contributed by atoms with Crippen LogP contribution in [0.2, 0.25) is 0 Å². The molecule has 0 atom stereocenters. The summed E-state index contributed by atoms with van der Waals surface area (Å²) in [6.45, 7) is 10.9. The van der Waals surface area contributed by atoms with Crippen molar-refractivity contribution in [1.82, 2.24) is 20.4 Å². The van der Waals surface area contributed by atoms with Gasteiger partial charge >= 0.3 is 6.09 Å². The van der Waals surface area contributed by atoms with E-state index in [0.29, 0.717) is 13.1 Å². The lowest BCUT2D eigenvalue weighted by Crippen LogP contribution is -2.53. The number of rotatable bonds is 7. The van der Waals surface area contributed by atoms with Crippen LogP contribution < -0.4 is 20.1 Å². The summed E-state index contributed by atoms with van der Waals surface area (Å²) >= 11 is 0. The van der Waals surface area contributed by atoms with Crippen LogP contribution in [-0.4, -0.2) is 88.0 Å². The molecule has 2 rings (SSSR count). The first kappa shape index (κ1) is 24.6. The van der Waals surface area contributed by atoms with Crippen LogP contribution in [0, 0.1) is 0 Å². The number of guanidine groups is 1. The van der Waals surface area contributed by atoms with E-state index in [1.165, 1.54) is 0 Å². The third-order valence-corrected chi connectivity index (χ3v) is 4.84. The summed E-state index contributed by atoms with van der Waals surface area (Å²) in [4.78, 5) is 20.7. The fourth-order valence-electron chi connectivity index (χ4n) is 3.35. The van der Waals surface area contributed by atoms with Gasteiger partial charge in [0.15, 0.2) is 5.96 Å². The molecule has 0 spiro atoms. The van der Waals surface area contributed by atoms with E-state index in [2.05, 4.69) is 25.4 Å². The number of nitrogens with one attached hydrogen (secondary N) is 2. The molecule has 9 nitrogen and oxygen atoms in total. The second-order valence-corrected chi connectivity index (χ2v) is 8.34. The van der Waals surface area contributed by atoms with Crippen molar-refractivity contribution in [2.24, 2.45) is 4.99 Å². The highest BCUT2D eigenvalue weighted by molar-refractivity contribution is 5.80. The Bertz CT molecular complexity index is 740. The minimum absolute atomic E-state index is 0.411. The fraction of sp³-hybridized carbons (Fsp3) is 0.636. The molecule has 1 amide bonds. The van der Waals surface area contributed by atoms with Crippen LogP contribution in [0.1, 0.15) is 26.3 Å². The molecule has 1 saturated heterocycles. The van der Waals surface area contributed by atoms with Crippen molar-refractivity contribution in [1.29, 1.82) is 0 Å². The van der Waals surface area contributed by atoms with Crippen LogP contribution in [0.3, 0.4) is 0 Å². The lowest BCUT2D eigenvalue weighted by molar-refractivity contribution is 0.0528. The van der Waals surface area contributed by atoms with E-state index in [-0.39, 0.29) is 0 Å². The van der Waals surface area contributed by atoms with E-state index in [1.54, 1.807) is 21.3 Å². The first-order chi connectivity index (χ1) is 14.8. The zero-order valence-electron chi connectivity index (χ0n) is 19.7. The Labute approximate surface area is 185 Å². The van der Waals surface area contributed by atoms with E-state index in [4.69, 9.17) is 14.2 Å². The van der Waals surface area contributed by atoms with Crippen molar-refractivity contribution < 1.29 is 19.0 Å². The number of alkyl carbamates (subject to hydrolysis) is 1. The molecule has 0 aromatic heterocycles. The maximum Gasteiger partial charge on any atom is 0.407 e. The number of nitrogens with zero attached hydrogens (tertiary/aromatic N) is 3. The molecule has 0 saturated carbocycles. The molecule has 1 fully saturated rings. The highest BCUT2D eigenvalue weighted by atomic mass is 16.6. The van der Waals surface area contributed by atoms with Gasteiger partial charge < -0.3 is 29.7 Å².